The molecular weight excluding hydrogens is 226 g/mol. The zero-order valence-corrected chi connectivity index (χ0v) is 10.00. The van der Waals surface area contributed by atoms with Crippen molar-refractivity contribution in [1.82, 2.24) is 0 Å². The van der Waals surface area contributed by atoms with Crippen molar-refractivity contribution in [2.45, 2.75) is 6.92 Å². The van der Waals surface area contributed by atoms with E-state index in [1.165, 1.54) is 6.92 Å². The van der Waals surface area contributed by atoms with Gasteiger partial charge in [-0.15, -0.1) is 0 Å². The van der Waals surface area contributed by atoms with E-state index in [2.05, 4.69) is 5.16 Å². The molecule has 0 heterocycles. The summed E-state index contributed by atoms with van der Waals surface area (Å²) in [6.45, 7) is 1.48. The van der Waals surface area contributed by atoms with E-state index in [1.54, 1.807) is 12.1 Å². The van der Waals surface area contributed by atoms with Crippen LogP contribution in [0.5, 0.6) is 0 Å². The Balaban J connectivity index is 2.29. The van der Waals surface area contributed by atoms with Crippen molar-refractivity contribution in [2.75, 3.05) is 0 Å². The SMILES string of the molecule is C/C(=N\O)C(=O)c1ccc(-c2ccccc2)cc1. The lowest BCUT2D eigenvalue weighted by Crippen LogP contribution is -2.10. The molecule has 0 unspecified atom stereocenters. The highest BCUT2D eigenvalue weighted by Gasteiger charge is 2.09. The van der Waals surface area contributed by atoms with E-state index in [0.717, 1.165) is 11.1 Å². The third-order valence-electron chi connectivity index (χ3n) is 2.73. The predicted octanol–water partition coefficient (Wildman–Crippen LogP) is 3.39. The van der Waals surface area contributed by atoms with Crippen LogP contribution in [0.4, 0.5) is 0 Å². The first-order valence-corrected chi connectivity index (χ1v) is 5.61. The number of ketones is 1. The maximum Gasteiger partial charge on any atom is 0.210 e. The van der Waals surface area contributed by atoms with E-state index in [9.17, 15) is 4.79 Å². The molecule has 0 fully saturated rings. The molecule has 0 spiro atoms. The molecule has 3 heteroatoms. The Morgan fingerprint density at radius 2 is 1.50 bits per heavy atom. The monoisotopic (exact) mass is 239 g/mol. The van der Waals surface area contributed by atoms with Crippen molar-refractivity contribution >= 4 is 11.5 Å². The molecule has 0 saturated heterocycles. The van der Waals surface area contributed by atoms with Gasteiger partial charge in [-0.3, -0.25) is 4.79 Å². The van der Waals surface area contributed by atoms with Crippen molar-refractivity contribution in [2.24, 2.45) is 5.16 Å². The van der Waals surface area contributed by atoms with Gasteiger partial charge in [-0.25, -0.2) is 0 Å². The maximum atomic E-state index is 11.7. The minimum atomic E-state index is -0.267. The molecular formula is C15H13NO2. The normalized spacial score (nSPS) is 11.3. The number of hydrogen-bond acceptors (Lipinski definition) is 3. The Bertz CT molecular complexity index is 571. The van der Waals surface area contributed by atoms with E-state index >= 15 is 0 Å². The van der Waals surface area contributed by atoms with Crippen LogP contribution in [-0.4, -0.2) is 16.7 Å². The number of hydrogen-bond donors (Lipinski definition) is 1. The predicted molar refractivity (Wildman–Crippen MR) is 71.1 cm³/mol. The first kappa shape index (κ1) is 12.0. The molecule has 0 saturated carbocycles. The number of benzene rings is 2. The van der Waals surface area contributed by atoms with Gasteiger partial charge in [0.25, 0.3) is 0 Å². The summed E-state index contributed by atoms with van der Waals surface area (Å²) >= 11 is 0. The summed E-state index contributed by atoms with van der Waals surface area (Å²) in [6.07, 6.45) is 0. The summed E-state index contributed by atoms with van der Waals surface area (Å²) in [5.74, 6) is -0.267. The van der Waals surface area contributed by atoms with Gasteiger partial charge in [0.2, 0.25) is 5.78 Å². The second kappa shape index (κ2) is 5.27. The van der Waals surface area contributed by atoms with Gasteiger partial charge in [0.15, 0.2) is 0 Å². The highest BCUT2D eigenvalue weighted by molar-refractivity contribution is 6.45. The Morgan fingerprint density at radius 3 is 2.06 bits per heavy atom. The van der Waals surface area contributed by atoms with Crippen LogP contribution >= 0.6 is 0 Å². The number of nitrogens with zero attached hydrogens (tertiary/aromatic N) is 1. The van der Waals surface area contributed by atoms with E-state index < -0.39 is 0 Å². The van der Waals surface area contributed by atoms with Crippen molar-refractivity contribution < 1.29 is 10.0 Å². The van der Waals surface area contributed by atoms with E-state index in [4.69, 9.17) is 5.21 Å². The third kappa shape index (κ3) is 2.46. The lowest BCUT2D eigenvalue weighted by Gasteiger charge is -2.03. The quantitative estimate of drug-likeness (QED) is 0.386. The Morgan fingerprint density at radius 1 is 0.944 bits per heavy atom. The highest BCUT2D eigenvalue weighted by atomic mass is 16.4. The minimum absolute atomic E-state index is 0.0856. The van der Waals surface area contributed by atoms with Crippen LogP contribution in [0.3, 0.4) is 0 Å². The standard InChI is InChI=1S/C15H13NO2/c1-11(16-18)15(17)14-9-7-13(8-10-14)12-5-3-2-4-6-12/h2-10,18H,1H3/b16-11+. The fraction of sp³-hybridized carbons (Fsp3) is 0.0667. The van der Waals surface area contributed by atoms with Crippen molar-refractivity contribution in [1.29, 1.82) is 0 Å². The smallest absolute Gasteiger partial charge is 0.210 e. The maximum absolute atomic E-state index is 11.7. The van der Waals surface area contributed by atoms with Gasteiger partial charge in [-0.1, -0.05) is 59.8 Å². The average Bonchev–Trinajstić information content (AvgIpc) is 2.47. The lowest BCUT2D eigenvalue weighted by atomic mass is 10.0. The van der Waals surface area contributed by atoms with Gasteiger partial charge in [0, 0.05) is 5.56 Å². The van der Waals surface area contributed by atoms with Gasteiger partial charge < -0.3 is 5.21 Å². The fourth-order valence-electron chi connectivity index (χ4n) is 1.70. The molecule has 1 N–H and O–H groups in total. The molecule has 90 valence electrons. The van der Waals surface area contributed by atoms with Crippen LogP contribution < -0.4 is 0 Å². The lowest BCUT2D eigenvalue weighted by molar-refractivity contribution is 0.106. The second-order valence-electron chi connectivity index (χ2n) is 3.96. The summed E-state index contributed by atoms with van der Waals surface area (Å²) in [4.78, 5) is 11.7. The van der Waals surface area contributed by atoms with Crippen molar-refractivity contribution in [3.05, 3.63) is 60.2 Å². The largest absolute Gasteiger partial charge is 0.411 e. The Kier molecular flexibility index (Phi) is 3.53. The van der Waals surface area contributed by atoms with Crippen molar-refractivity contribution in [3.63, 3.8) is 0 Å². The number of Topliss-reactive ketones (excluding diaryl/α,β-unsaturated/α-hetero) is 1. The molecule has 0 amide bonds. The molecule has 0 aliphatic rings. The summed E-state index contributed by atoms with van der Waals surface area (Å²) < 4.78 is 0. The zero-order valence-electron chi connectivity index (χ0n) is 10.00. The van der Waals surface area contributed by atoms with Gasteiger partial charge in [-0.05, 0) is 18.1 Å². The number of carbonyl (C=O) groups excluding carboxylic acids is 1. The van der Waals surface area contributed by atoms with E-state index in [0.29, 0.717) is 5.56 Å². The molecule has 0 radical (unpaired) electrons. The number of carbonyl (C=O) groups is 1. The number of rotatable bonds is 3. The van der Waals surface area contributed by atoms with E-state index in [-0.39, 0.29) is 11.5 Å². The molecule has 2 rings (SSSR count). The Labute approximate surface area is 105 Å². The van der Waals surface area contributed by atoms with Crippen LogP contribution in [0.15, 0.2) is 59.8 Å². The summed E-state index contributed by atoms with van der Waals surface area (Å²) in [5.41, 5.74) is 2.75. The molecule has 18 heavy (non-hydrogen) atoms. The Hall–Kier alpha value is -2.42. The van der Waals surface area contributed by atoms with Crippen LogP contribution in [0.1, 0.15) is 17.3 Å². The van der Waals surface area contributed by atoms with Crippen LogP contribution in [0.2, 0.25) is 0 Å². The van der Waals surface area contributed by atoms with Crippen LogP contribution in [-0.2, 0) is 0 Å². The minimum Gasteiger partial charge on any atom is -0.411 e. The molecule has 0 aromatic heterocycles. The third-order valence-corrected chi connectivity index (χ3v) is 2.73. The molecule has 2 aromatic carbocycles. The summed E-state index contributed by atoms with van der Waals surface area (Å²) in [7, 11) is 0. The summed E-state index contributed by atoms with van der Waals surface area (Å²) in [6, 6.07) is 17.2. The fourth-order valence-corrected chi connectivity index (χ4v) is 1.70. The van der Waals surface area contributed by atoms with Crippen LogP contribution in [0, 0.1) is 0 Å². The van der Waals surface area contributed by atoms with Gasteiger partial charge in [0.05, 0.1) is 0 Å². The molecule has 0 atom stereocenters. The highest BCUT2D eigenvalue weighted by Crippen LogP contribution is 2.19. The van der Waals surface area contributed by atoms with Gasteiger partial charge in [-0.2, -0.15) is 0 Å². The van der Waals surface area contributed by atoms with Crippen molar-refractivity contribution in [3.8, 4) is 11.1 Å². The van der Waals surface area contributed by atoms with Crippen LogP contribution in [0.25, 0.3) is 11.1 Å². The number of oxime groups is 1. The van der Waals surface area contributed by atoms with Gasteiger partial charge in [0.1, 0.15) is 5.71 Å². The molecule has 0 bridgehead atoms. The first-order chi connectivity index (χ1) is 8.72. The molecule has 2 aromatic rings. The van der Waals surface area contributed by atoms with E-state index in [1.807, 2.05) is 42.5 Å². The molecule has 3 nitrogen and oxygen atoms in total. The van der Waals surface area contributed by atoms with Gasteiger partial charge >= 0.3 is 0 Å². The molecule has 0 aliphatic carbocycles. The zero-order chi connectivity index (χ0) is 13.0. The topological polar surface area (TPSA) is 49.7 Å². The second-order valence-corrected chi connectivity index (χ2v) is 3.96. The average molecular weight is 239 g/mol. The summed E-state index contributed by atoms with van der Waals surface area (Å²) in [5, 5.41) is 11.5. The first-order valence-electron chi connectivity index (χ1n) is 5.61. The molecule has 0 aliphatic heterocycles.